The molecule has 1 rings (SSSR count). The fraction of sp³-hybridized carbons (Fsp3) is 0.300. The molecule has 0 fully saturated rings. The smallest absolute Gasteiger partial charge is 0.223 e. The van der Waals surface area contributed by atoms with Gasteiger partial charge in [-0.15, -0.1) is 18.2 Å². The minimum absolute atomic E-state index is 0.365. The van der Waals surface area contributed by atoms with Crippen LogP contribution in [0.5, 0.6) is 0 Å². The third kappa shape index (κ3) is 4.35. The molecule has 0 aliphatic heterocycles. The number of anilines is 1. The Balaban J connectivity index is 2.32. The van der Waals surface area contributed by atoms with Crippen LogP contribution in [0, 0.1) is 23.7 Å². The van der Waals surface area contributed by atoms with E-state index in [9.17, 15) is 0 Å². The molecule has 4 nitrogen and oxygen atoms in total. The van der Waals surface area contributed by atoms with Crippen molar-refractivity contribution in [1.82, 2.24) is 9.97 Å². The van der Waals surface area contributed by atoms with E-state index in [2.05, 4.69) is 21.2 Å². The molecule has 0 unspecified atom stereocenters. The van der Waals surface area contributed by atoms with Gasteiger partial charge >= 0.3 is 0 Å². The van der Waals surface area contributed by atoms with Crippen LogP contribution >= 0.6 is 11.8 Å². The Morgan fingerprint density at radius 3 is 3.20 bits per heavy atom. The summed E-state index contributed by atoms with van der Waals surface area (Å²) in [6.07, 6.45) is 6.67. The number of terminal acetylenes is 1. The summed E-state index contributed by atoms with van der Waals surface area (Å²) in [5.74, 6) is 4.63. The number of hydrogen-bond donors (Lipinski definition) is 1. The minimum atomic E-state index is 0.365. The molecule has 0 spiro atoms. The zero-order valence-electron chi connectivity index (χ0n) is 8.10. The van der Waals surface area contributed by atoms with Crippen molar-refractivity contribution in [3.63, 3.8) is 0 Å². The molecule has 0 radical (unpaired) electrons. The molecule has 1 N–H and O–H groups in total. The molecule has 0 amide bonds. The molecule has 0 atom stereocenters. The van der Waals surface area contributed by atoms with Crippen LogP contribution in [0.4, 0.5) is 5.95 Å². The fourth-order valence-corrected chi connectivity index (χ4v) is 1.38. The lowest BCUT2D eigenvalue weighted by molar-refractivity contribution is 1.08. The van der Waals surface area contributed by atoms with E-state index in [1.807, 2.05) is 6.07 Å². The van der Waals surface area contributed by atoms with Crippen molar-refractivity contribution in [2.24, 2.45) is 0 Å². The first-order valence-electron chi connectivity index (χ1n) is 4.35. The standard InChI is InChI=1S/C10H10N4S/c1-2-6-15-7-5-13-10-12-4-3-9(8-11)14-10/h1,3-4H,5-7H2,(H,12,13,14). The Bertz CT molecular complexity index is 391. The molecule has 0 aliphatic carbocycles. The summed E-state index contributed by atoms with van der Waals surface area (Å²) in [6, 6.07) is 3.52. The summed E-state index contributed by atoms with van der Waals surface area (Å²) in [6.45, 7) is 0.737. The fourth-order valence-electron chi connectivity index (χ4n) is 0.872. The van der Waals surface area contributed by atoms with Crippen LogP contribution in [-0.2, 0) is 0 Å². The lowest BCUT2D eigenvalue weighted by Crippen LogP contribution is -2.07. The summed E-state index contributed by atoms with van der Waals surface area (Å²) in [5.41, 5.74) is 0.365. The van der Waals surface area contributed by atoms with E-state index in [1.165, 1.54) is 0 Å². The van der Waals surface area contributed by atoms with Gasteiger partial charge in [0, 0.05) is 18.5 Å². The number of thioether (sulfide) groups is 1. The van der Waals surface area contributed by atoms with E-state index in [1.54, 1.807) is 24.0 Å². The number of nitrogens with zero attached hydrogens (tertiary/aromatic N) is 3. The molecule has 1 aromatic rings. The van der Waals surface area contributed by atoms with E-state index in [4.69, 9.17) is 11.7 Å². The largest absolute Gasteiger partial charge is 0.353 e. The van der Waals surface area contributed by atoms with Gasteiger partial charge in [0.1, 0.15) is 11.8 Å². The normalized spacial score (nSPS) is 8.93. The Morgan fingerprint density at radius 2 is 2.47 bits per heavy atom. The van der Waals surface area contributed by atoms with Crippen LogP contribution in [0.25, 0.3) is 0 Å². The third-order valence-electron chi connectivity index (χ3n) is 1.49. The first-order chi connectivity index (χ1) is 7.36. The van der Waals surface area contributed by atoms with Crippen molar-refractivity contribution >= 4 is 17.7 Å². The first kappa shape index (κ1) is 11.4. The lowest BCUT2D eigenvalue weighted by atomic mass is 10.4. The van der Waals surface area contributed by atoms with E-state index < -0.39 is 0 Å². The average Bonchev–Trinajstić information content (AvgIpc) is 2.29. The van der Waals surface area contributed by atoms with Gasteiger partial charge < -0.3 is 5.32 Å². The number of hydrogen-bond acceptors (Lipinski definition) is 5. The van der Waals surface area contributed by atoms with Gasteiger partial charge in [-0.25, -0.2) is 9.97 Å². The number of nitrogens with one attached hydrogen (secondary N) is 1. The maximum atomic E-state index is 8.61. The predicted molar refractivity (Wildman–Crippen MR) is 61.4 cm³/mol. The van der Waals surface area contributed by atoms with Crippen molar-refractivity contribution in [3.05, 3.63) is 18.0 Å². The molecule has 1 heterocycles. The summed E-state index contributed by atoms with van der Waals surface area (Å²) < 4.78 is 0. The Kier molecular flexibility index (Phi) is 5.07. The molecule has 0 bridgehead atoms. The predicted octanol–water partition coefficient (Wildman–Crippen LogP) is 1.13. The lowest BCUT2D eigenvalue weighted by Gasteiger charge is -2.02. The monoisotopic (exact) mass is 218 g/mol. The quantitative estimate of drug-likeness (QED) is 0.593. The molecule has 5 heteroatoms. The molecule has 0 aliphatic rings. The molecule has 0 saturated carbocycles. The second-order valence-corrected chi connectivity index (χ2v) is 3.67. The highest BCUT2D eigenvalue weighted by Crippen LogP contribution is 2.01. The van der Waals surface area contributed by atoms with Crippen LogP contribution in [0.1, 0.15) is 5.69 Å². The number of aromatic nitrogens is 2. The first-order valence-corrected chi connectivity index (χ1v) is 5.50. The Labute approximate surface area is 93.1 Å². The van der Waals surface area contributed by atoms with Crippen LogP contribution < -0.4 is 5.32 Å². The zero-order valence-corrected chi connectivity index (χ0v) is 8.92. The van der Waals surface area contributed by atoms with E-state index in [0.29, 0.717) is 17.4 Å². The maximum absolute atomic E-state index is 8.61. The second kappa shape index (κ2) is 6.69. The molecule has 15 heavy (non-hydrogen) atoms. The average molecular weight is 218 g/mol. The van der Waals surface area contributed by atoms with Gasteiger partial charge in [-0.1, -0.05) is 5.92 Å². The highest BCUT2D eigenvalue weighted by molar-refractivity contribution is 7.99. The molecular formula is C10H10N4S. The molecule has 76 valence electrons. The number of rotatable bonds is 5. The van der Waals surface area contributed by atoms with Crippen molar-refractivity contribution in [3.8, 4) is 18.4 Å². The summed E-state index contributed by atoms with van der Waals surface area (Å²) in [4.78, 5) is 7.96. The van der Waals surface area contributed by atoms with E-state index in [-0.39, 0.29) is 0 Å². The van der Waals surface area contributed by atoms with Crippen molar-refractivity contribution in [2.75, 3.05) is 23.4 Å². The Morgan fingerprint density at radius 1 is 1.60 bits per heavy atom. The molecule has 0 saturated heterocycles. The van der Waals surface area contributed by atoms with Gasteiger partial charge in [0.2, 0.25) is 5.95 Å². The highest BCUT2D eigenvalue weighted by atomic mass is 32.2. The Hall–Kier alpha value is -1.72. The van der Waals surface area contributed by atoms with Gasteiger partial charge in [-0.3, -0.25) is 0 Å². The molecule has 1 aromatic heterocycles. The van der Waals surface area contributed by atoms with Crippen molar-refractivity contribution < 1.29 is 0 Å². The van der Waals surface area contributed by atoms with Gasteiger partial charge in [-0.2, -0.15) is 5.26 Å². The van der Waals surface area contributed by atoms with Crippen molar-refractivity contribution in [1.29, 1.82) is 5.26 Å². The SMILES string of the molecule is C#CCSCCNc1nccc(C#N)n1. The van der Waals surface area contributed by atoms with Gasteiger partial charge in [-0.05, 0) is 6.07 Å². The molecular weight excluding hydrogens is 208 g/mol. The van der Waals surface area contributed by atoms with Crippen molar-refractivity contribution in [2.45, 2.75) is 0 Å². The van der Waals surface area contributed by atoms with Crippen LogP contribution in [0.15, 0.2) is 12.3 Å². The van der Waals surface area contributed by atoms with E-state index in [0.717, 1.165) is 12.3 Å². The zero-order chi connectivity index (χ0) is 10.9. The van der Waals surface area contributed by atoms with Crippen LogP contribution in [-0.4, -0.2) is 28.0 Å². The maximum Gasteiger partial charge on any atom is 0.223 e. The second-order valence-electron chi connectivity index (χ2n) is 2.56. The number of nitriles is 1. The summed E-state index contributed by atoms with van der Waals surface area (Å²) in [7, 11) is 0. The molecule has 0 aromatic carbocycles. The van der Waals surface area contributed by atoms with Gasteiger partial charge in [0.15, 0.2) is 0 Å². The van der Waals surface area contributed by atoms with Crippen LogP contribution in [0.2, 0.25) is 0 Å². The van der Waals surface area contributed by atoms with E-state index >= 15 is 0 Å². The van der Waals surface area contributed by atoms with Gasteiger partial charge in [0.05, 0.1) is 5.75 Å². The summed E-state index contributed by atoms with van der Waals surface area (Å²) >= 11 is 1.66. The highest BCUT2D eigenvalue weighted by Gasteiger charge is 1.96. The van der Waals surface area contributed by atoms with Crippen LogP contribution in [0.3, 0.4) is 0 Å². The third-order valence-corrected chi connectivity index (χ3v) is 2.35. The summed E-state index contributed by atoms with van der Waals surface area (Å²) in [5, 5.41) is 11.6. The minimum Gasteiger partial charge on any atom is -0.353 e. The topological polar surface area (TPSA) is 61.6 Å². The van der Waals surface area contributed by atoms with Gasteiger partial charge in [0.25, 0.3) is 0 Å².